The molecule has 20 heavy (non-hydrogen) atoms. The van der Waals surface area contributed by atoms with E-state index in [0.29, 0.717) is 17.9 Å². The van der Waals surface area contributed by atoms with Gasteiger partial charge in [-0.1, -0.05) is 18.2 Å². The van der Waals surface area contributed by atoms with Crippen molar-refractivity contribution in [3.63, 3.8) is 0 Å². The molecule has 2 aromatic rings. The van der Waals surface area contributed by atoms with Crippen molar-refractivity contribution in [1.82, 2.24) is 0 Å². The first kappa shape index (κ1) is 12.5. The topological polar surface area (TPSA) is 38.8 Å². The number of benzene rings is 2. The van der Waals surface area contributed by atoms with E-state index in [1.54, 1.807) is 36.4 Å². The van der Waals surface area contributed by atoms with Gasteiger partial charge in [-0.3, -0.25) is 0 Å². The Morgan fingerprint density at radius 1 is 1.10 bits per heavy atom. The molecule has 0 fully saturated rings. The lowest BCUT2D eigenvalue weighted by Gasteiger charge is -2.18. The first-order valence-electron chi connectivity index (χ1n) is 6.50. The molecule has 102 valence electrons. The highest BCUT2D eigenvalue weighted by Crippen LogP contribution is 2.28. The van der Waals surface area contributed by atoms with Gasteiger partial charge in [0.15, 0.2) is 0 Å². The summed E-state index contributed by atoms with van der Waals surface area (Å²) in [6.07, 6.45) is 0.895. The van der Waals surface area contributed by atoms with Crippen LogP contribution in [0, 0.1) is 0 Å². The number of methoxy groups -OCH3 is 1. The molecule has 2 aromatic carbocycles. The van der Waals surface area contributed by atoms with E-state index in [4.69, 9.17) is 9.57 Å². The molecule has 1 aliphatic rings. The van der Waals surface area contributed by atoms with Crippen LogP contribution in [-0.4, -0.2) is 19.6 Å². The van der Waals surface area contributed by atoms with Gasteiger partial charge in [-0.15, -0.1) is 0 Å². The molecule has 0 N–H and O–H groups in total. The molecule has 0 spiro atoms. The number of hydroxylamine groups is 1. The SMILES string of the molecule is COc1ccc(C(=O)ON2CCc3ccccc32)cc1. The number of ether oxygens (including phenoxy) is 1. The molecule has 0 saturated carbocycles. The lowest BCUT2D eigenvalue weighted by atomic mass is 10.2. The summed E-state index contributed by atoms with van der Waals surface area (Å²) in [5.74, 6) is 0.359. The fourth-order valence-corrected chi connectivity index (χ4v) is 2.28. The fourth-order valence-electron chi connectivity index (χ4n) is 2.28. The average Bonchev–Trinajstić information content (AvgIpc) is 2.91. The van der Waals surface area contributed by atoms with Gasteiger partial charge in [-0.25, -0.2) is 9.86 Å². The third kappa shape index (κ3) is 2.32. The smallest absolute Gasteiger partial charge is 0.363 e. The number of carbonyl (C=O) groups excluding carboxylic acids is 1. The van der Waals surface area contributed by atoms with Crippen molar-refractivity contribution in [2.24, 2.45) is 0 Å². The Morgan fingerprint density at radius 3 is 2.60 bits per heavy atom. The van der Waals surface area contributed by atoms with Crippen molar-refractivity contribution in [3.8, 4) is 5.75 Å². The molecular weight excluding hydrogens is 254 g/mol. The maximum Gasteiger partial charge on any atom is 0.363 e. The van der Waals surface area contributed by atoms with E-state index in [1.165, 1.54) is 5.56 Å². The second kappa shape index (κ2) is 5.25. The summed E-state index contributed by atoms with van der Waals surface area (Å²) in [5, 5.41) is 1.65. The lowest BCUT2D eigenvalue weighted by Crippen LogP contribution is -2.25. The molecule has 0 aliphatic carbocycles. The second-order valence-electron chi connectivity index (χ2n) is 4.59. The summed E-state index contributed by atoms with van der Waals surface area (Å²) in [6.45, 7) is 0.696. The minimum Gasteiger partial charge on any atom is -0.497 e. The minimum atomic E-state index is -0.357. The fraction of sp³-hybridized carbons (Fsp3) is 0.188. The van der Waals surface area contributed by atoms with E-state index in [-0.39, 0.29) is 5.97 Å². The first-order chi connectivity index (χ1) is 9.78. The monoisotopic (exact) mass is 269 g/mol. The van der Waals surface area contributed by atoms with Crippen molar-refractivity contribution in [2.75, 3.05) is 18.7 Å². The van der Waals surface area contributed by atoms with E-state index >= 15 is 0 Å². The highest BCUT2D eigenvalue weighted by Gasteiger charge is 2.22. The van der Waals surface area contributed by atoms with Crippen LogP contribution < -0.4 is 9.80 Å². The summed E-state index contributed by atoms with van der Waals surface area (Å²) in [7, 11) is 1.59. The van der Waals surface area contributed by atoms with Crippen molar-refractivity contribution in [3.05, 3.63) is 59.7 Å². The highest BCUT2D eigenvalue weighted by molar-refractivity contribution is 5.90. The minimum absolute atomic E-state index is 0.357. The highest BCUT2D eigenvalue weighted by atomic mass is 16.7. The van der Waals surface area contributed by atoms with Gasteiger partial charge in [0.1, 0.15) is 5.75 Å². The van der Waals surface area contributed by atoms with Gasteiger partial charge >= 0.3 is 5.97 Å². The molecule has 4 heteroatoms. The van der Waals surface area contributed by atoms with Crippen LogP contribution in [0.15, 0.2) is 48.5 Å². The largest absolute Gasteiger partial charge is 0.497 e. The summed E-state index contributed by atoms with van der Waals surface area (Å²) < 4.78 is 5.07. The molecule has 3 rings (SSSR count). The Morgan fingerprint density at radius 2 is 1.85 bits per heavy atom. The molecule has 0 bridgehead atoms. The molecule has 0 unspecified atom stereocenters. The third-order valence-electron chi connectivity index (χ3n) is 3.36. The zero-order valence-electron chi connectivity index (χ0n) is 11.2. The predicted molar refractivity (Wildman–Crippen MR) is 75.9 cm³/mol. The predicted octanol–water partition coefficient (Wildman–Crippen LogP) is 2.83. The zero-order valence-corrected chi connectivity index (χ0v) is 11.2. The maximum absolute atomic E-state index is 12.1. The van der Waals surface area contributed by atoms with Crippen molar-refractivity contribution in [1.29, 1.82) is 0 Å². The van der Waals surface area contributed by atoms with Crippen molar-refractivity contribution >= 4 is 11.7 Å². The number of rotatable bonds is 3. The number of hydrogen-bond donors (Lipinski definition) is 0. The van der Waals surface area contributed by atoms with Gasteiger partial charge < -0.3 is 9.57 Å². The summed E-state index contributed by atoms with van der Waals surface area (Å²) in [6, 6.07) is 14.8. The average molecular weight is 269 g/mol. The molecule has 0 amide bonds. The van der Waals surface area contributed by atoms with Crippen molar-refractivity contribution < 1.29 is 14.4 Å². The quantitative estimate of drug-likeness (QED) is 0.859. The van der Waals surface area contributed by atoms with Crippen LogP contribution in [0.3, 0.4) is 0 Å². The van der Waals surface area contributed by atoms with E-state index < -0.39 is 0 Å². The van der Waals surface area contributed by atoms with E-state index in [0.717, 1.165) is 12.1 Å². The van der Waals surface area contributed by atoms with Crippen LogP contribution in [-0.2, 0) is 11.3 Å². The molecule has 1 aliphatic heterocycles. The van der Waals surface area contributed by atoms with Gasteiger partial charge in [0.25, 0.3) is 0 Å². The first-order valence-corrected chi connectivity index (χ1v) is 6.50. The van der Waals surface area contributed by atoms with Crippen molar-refractivity contribution in [2.45, 2.75) is 6.42 Å². The van der Waals surface area contributed by atoms with Crippen LogP contribution in [0.2, 0.25) is 0 Å². The summed E-state index contributed by atoms with van der Waals surface area (Å²) in [5.41, 5.74) is 2.68. The van der Waals surface area contributed by atoms with Gasteiger partial charge in [0.05, 0.1) is 24.9 Å². The molecule has 4 nitrogen and oxygen atoms in total. The number of hydrogen-bond acceptors (Lipinski definition) is 4. The van der Waals surface area contributed by atoms with Crippen LogP contribution >= 0.6 is 0 Å². The molecule has 1 heterocycles. The van der Waals surface area contributed by atoms with Gasteiger partial charge in [-0.05, 0) is 42.3 Å². The molecular formula is C16H15NO3. The maximum atomic E-state index is 12.1. The number of fused-ring (bicyclic) bond motifs is 1. The van der Waals surface area contributed by atoms with Gasteiger partial charge in [0, 0.05) is 0 Å². The van der Waals surface area contributed by atoms with Crippen LogP contribution in [0.5, 0.6) is 5.75 Å². The van der Waals surface area contributed by atoms with E-state index in [2.05, 4.69) is 6.07 Å². The van der Waals surface area contributed by atoms with Gasteiger partial charge in [0.2, 0.25) is 0 Å². The Bertz CT molecular complexity index is 622. The Balaban J connectivity index is 1.73. The van der Waals surface area contributed by atoms with Gasteiger partial charge in [-0.2, -0.15) is 0 Å². The van der Waals surface area contributed by atoms with Crippen LogP contribution in [0.1, 0.15) is 15.9 Å². The Labute approximate surface area is 117 Å². The summed E-state index contributed by atoms with van der Waals surface area (Å²) >= 11 is 0. The Hall–Kier alpha value is -2.49. The standard InChI is InChI=1S/C16H15NO3/c1-19-14-8-6-13(7-9-14)16(18)20-17-11-10-12-4-2-3-5-15(12)17/h2-9H,10-11H2,1H3. The molecule has 0 aromatic heterocycles. The van der Waals surface area contributed by atoms with E-state index in [9.17, 15) is 4.79 Å². The molecule has 0 saturated heterocycles. The normalized spacial score (nSPS) is 12.9. The number of nitrogens with zero attached hydrogens (tertiary/aromatic N) is 1. The van der Waals surface area contributed by atoms with E-state index in [1.807, 2.05) is 18.2 Å². The number of anilines is 1. The summed E-state index contributed by atoms with van der Waals surface area (Å²) in [4.78, 5) is 17.6. The van der Waals surface area contributed by atoms with Crippen LogP contribution in [0.25, 0.3) is 0 Å². The Kier molecular flexibility index (Phi) is 3.29. The zero-order chi connectivity index (χ0) is 13.9. The molecule has 0 atom stereocenters. The number of carbonyl (C=O) groups is 1. The number of para-hydroxylation sites is 1. The molecule has 0 radical (unpaired) electrons. The second-order valence-corrected chi connectivity index (χ2v) is 4.59. The third-order valence-corrected chi connectivity index (χ3v) is 3.36. The lowest BCUT2D eigenvalue weighted by molar-refractivity contribution is 0.0461. The van der Waals surface area contributed by atoms with Crippen LogP contribution in [0.4, 0.5) is 5.69 Å².